The topological polar surface area (TPSA) is 98.2 Å². The first-order valence-electron chi connectivity index (χ1n) is 14.6. The lowest BCUT2D eigenvalue weighted by Gasteiger charge is -2.24. The van der Waals surface area contributed by atoms with Crippen molar-refractivity contribution in [2.75, 3.05) is 18.6 Å². The third-order valence-corrected chi connectivity index (χ3v) is 8.88. The van der Waals surface area contributed by atoms with Crippen molar-refractivity contribution in [2.24, 2.45) is 0 Å². The first kappa shape index (κ1) is 28.7. The molecule has 3 aromatic carbocycles. The van der Waals surface area contributed by atoms with E-state index in [2.05, 4.69) is 6.92 Å². The molecule has 222 valence electrons. The molecule has 2 aliphatic heterocycles. The average molecular weight is 599 g/mol. The maximum Gasteiger partial charge on any atom is 0.301 e. The number of hydrogen-bond acceptors (Lipinski definition) is 8. The molecule has 0 saturated carbocycles. The molecule has 2 aliphatic rings. The third-order valence-electron chi connectivity index (χ3n) is 7.86. The molecule has 43 heavy (non-hydrogen) atoms. The quantitative estimate of drug-likeness (QED) is 0.0947. The van der Waals surface area contributed by atoms with Gasteiger partial charge >= 0.3 is 5.91 Å². The summed E-state index contributed by atoms with van der Waals surface area (Å²) in [5.41, 5.74) is 3.76. The first-order chi connectivity index (χ1) is 20.8. The summed E-state index contributed by atoms with van der Waals surface area (Å²) in [6, 6.07) is 15.6. The maximum atomic E-state index is 13.8. The first-order valence-corrected chi connectivity index (χ1v) is 15.4. The summed E-state index contributed by atoms with van der Waals surface area (Å²) in [6.45, 7) is 6.66. The number of aryl methyl sites for hydroxylation is 1. The van der Waals surface area contributed by atoms with Gasteiger partial charge in [-0.3, -0.25) is 14.5 Å². The zero-order chi connectivity index (χ0) is 30.2. The Kier molecular flexibility index (Phi) is 7.83. The van der Waals surface area contributed by atoms with E-state index in [0.717, 1.165) is 46.4 Å². The Morgan fingerprint density at radius 3 is 2.72 bits per heavy atom. The molecule has 6 rings (SSSR count). The van der Waals surface area contributed by atoms with Crippen molar-refractivity contribution in [3.05, 3.63) is 82.4 Å². The highest BCUT2D eigenvalue weighted by molar-refractivity contribution is 7.22. The summed E-state index contributed by atoms with van der Waals surface area (Å²) in [5, 5.41) is 12.1. The van der Waals surface area contributed by atoms with Crippen LogP contribution in [0.15, 0.2) is 60.2 Å². The van der Waals surface area contributed by atoms with E-state index >= 15 is 0 Å². The fourth-order valence-corrected chi connectivity index (χ4v) is 6.79. The number of thiazole rings is 1. The minimum atomic E-state index is -0.937. The molecular weight excluding hydrogens is 564 g/mol. The van der Waals surface area contributed by atoms with Gasteiger partial charge < -0.3 is 19.3 Å². The number of amides is 1. The van der Waals surface area contributed by atoms with Crippen LogP contribution in [0.1, 0.15) is 61.4 Å². The highest BCUT2D eigenvalue weighted by Gasteiger charge is 2.48. The molecule has 0 radical (unpaired) electrons. The summed E-state index contributed by atoms with van der Waals surface area (Å²) < 4.78 is 18.4. The van der Waals surface area contributed by atoms with Crippen molar-refractivity contribution >= 4 is 44.1 Å². The van der Waals surface area contributed by atoms with Crippen LogP contribution in [0.5, 0.6) is 17.2 Å². The van der Waals surface area contributed by atoms with Crippen molar-refractivity contribution in [2.45, 2.75) is 58.6 Å². The van der Waals surface area contributed by atoms with E-state index in [0.29, 0.717) is 40.8 Å². The van der Waals surface area contributed by atoms with Crippen molar-refractivity contribution < 1.29 is 28.9 Å². The van der Waals surface area contributed by atoms with Gasteiger partial charge in [-0.1, -0.05) is 43.2 Å². The number of Topliss-reactive ketones (excluding diaryl/α,β-unsaturated/α-hetero) is 1. The molecule has 0 unspecified atom stereocenters. The molecule has 0 bridgehead atoms. The second-order valence-electron chi connectivity index (χ2n) is 11.1. The Labute approximate surface area is 254 Å². The molecule has 8 nitrogen and oxygen atoms in total. The van der Waals surface area contributed by atoms with Crippen LogP contribution < -0.4 is 19.1 Å². The molecule has 4 aromatic rings. The number of hydrogen-bond donors (Lipinski definition) is 1. The monoisotopic (exact) mass is 598 g/mol. The number of carbonyl (C=O) groups excluding carboxylic acids is 2. The fraction of sp³-hybridized carbons (Fsp3) is 0.324. The number of nitrogens with zero attached hydrogens (tertiary/aromatic N) is 2. The van der Waals surface area contributed by atoms with Gasteiger partial charge in [0.15, 0.2) is 16.6 Å². The number of methoxy groups -OCH3 is 1. The lowest BCUT2D eigenvalue weighted by Crippen LogP contribution is -2.29. The Balaban J connectivity index is 1.48. The largest absolute Gasteiger partial charge is 0.507 e. The van der Waals surface area contributed by atoms with Crippen LogP contribution in [0.2, 0.25) is 0 Å². The number of ketones is 1. The smallest absolute Gasteiger partial charge is 0.301 e. The number of aliphatic hydroxyl groups is 1. The van der Waals surface area contributed by atoms with Gasteiger partial charge in [-0.15, -0.1) is 0 Å². The minimum Gasteiger partial charge on any atom is -0.507 e. The molecule has 0 spiro atoms. The molecule has 0 aliphatic carbocycles. The van der Waals surface area contributed by atoms with Crippen LogP contribution in [0.25, 0.3) is 16.0 Å². The van der Waals surface area contributed by atoms with Crippen molar-refractivity contribution in [3.8, 4) is 17.2 Å². The van der Waals surface area contributed by atoms with E-state index in [9.17, 15) is 14.7 Å². The summed E-state index contributed by atoms with van der Waals surface area (Å²) in [6.07, 6.45) is 3.78. The Bertz CT molecular complexity index is 1760. The van der Waals surface area contributed by atoms with Gasteiger partial charge in [0.25, 0.3) is 5.78 Å². The molecule has 1 aromatic heterocycles. The average Bonchev–Trinajstić information content (AvgIpc) is 3.66. The SMILES string of the molecule is CCCCCOc1ccc([C@H]2/C(=C(\O)c3ccc4c(c3)C[C@H](C)O4)C(=O)C(=O)N2c2nc3ccc(C)cc3s2)cc1OC. The van der Waals surface area contributed by atoms with Gasteiger partial charge in [0.05, 0.1) is 35.5 Å². The number of rotatable bonds is 9. The van der Waals surface area contributed by atoms with Gasteiger partial charge in [0, 0.05) is 12.0 Å². The van der Waals surface area contributed by atoms with Crippen LogP contribution >= 0.6 is 11.3 Å². The highest BCUT2D eigenvalue weighted by Crippen LogP contribution is 2.46. The van der Waals surface area contributed by atoms with E-state index in [1.807, 2.05) is 44.2 Å². The lowest BCUT2D eigenvalue weighted by atomic mass is 9.94. The van der Waals surface area contributed by atoms with Crippen LogP contribution in [0, 0.1) is 6.92 Å². The van der Waals surface area contributed by atoms with Crippen molar-refractivity contribution in [1.29, 1.82) is 0 Å². The lowest BCUT2D eigenvalue weighted by molar-refractivity contribution is -0.132. The molecule has 1 fully saturated rings. The van der Waals surface area contributed by atoms with E-state index in [-0.39, 0.29) is 17.4 Å². The molecule has 3 heterocycles. The normalized spacial score (nSPS) is 19.1. The second kappa shape index (κ2) is 11.7. The van der Waals surface area contributed by atoms with Crippen molar-refractivity contribution in [3.63, 3.8) is 0 Å². The summed E-state index contributed by atoms with van der Waals surface area (Å²) in [5.74, 6) is 0.0287. The number of aromatic nitrogens is 1. The second-order valence-corrected chi connectivity index (χ2v) is 12.1. The molecular formula is C34H34N2O6S. The molecule has 1 saturated heterocycles. The highest BCUT2D eigenvalue weighted by atomic mass is 32.1. The minimum absolute atomic E-state index is 0.00832. The molecule has 1 amide bonds. The van der Waals surface area contributed by atoms with Gasteiger partial charge in [-0.2, -0.15) is 0 Å². The summed E-state index contributed by atoms with van der Waals surface area (Å²) in [4.78, 5) is 33.6. The van der Waals surface area contributed by atoms with E-state index in [1.54, 1.807) is 31.4 Å². The Hall–Kier alpha value is -4.37. The van der Waals surface area contributed by atoms with Gasteiger partial charge in [-0.25, -0.2) is 4.98 Å². The number of anilines is 1. The number of carbonyl (C=O) groups is 2. The molecule has 9 heteroatoms. The maximum absolute atomic E-state index is 13.8. The zero-order valence-electron chi connectivity index (χ0n) is 24.7. The summed E-state index contributed by atoms with van der Waals surface area (Å²) in [7, 11) is 1.55. The fourth-order valence-electron chi connectivity index (χ4n) is 5.70. The number of unbranched alkanes of at least 4 members (excludes halogenated alkanes) is 2. The number of benzene rings is 3. The third kappa shape index (κ3) is 5.33. The van der Waals surface area contributed by atoms with Crippen LogP contribution in [0.4, 0.5) is 5.13 Å². The standard InChI is InChI=1S/C34H34N2O6S/c1-5-6-7-14-41-26-13-9-21(18-27(26)40-4)30-29(31(37)22-10-12-25-23(17-22)16-20(3)42-25)32(38)33(39)36(30)34-35-24-11-8-19(2)15-28(24)43-34/h8-13,15,17-18,20,30,37H,5-7,14,16H2,1-4H3/b31-29+/t20-,30-/m0/s1. The molecule has 1 N–H and O–H groups in total. The van der Waals surface area contributed by atoms with Crippen LogP contribution in [-0.4, -0.2) is 41.6 Å². The Morgan fingerprint density at radius 1 is 1.09 bits per heavy atom. The number of aliphatic hydroxyl groups excluding tert-OH is 1. The van der Waals surface area contributed by atoms with E-state index in [1.165, 1.54) is 16.2 Å². The Morgan fingerprint density at radius 2 is 1.93 bits per heavy atom. The summed E-state index contributed by atoms with van der Waals surface area (Å²) >= 11 is 1.33. The van der Waals surface area contributed by atoms with Gasteiger partial charge in [0.2, 0.25) is 0 Å². The van der Waals surface area contributed by atoms with Gasteiger partial charge in [0.1, 0.15) is 17.6 Å². The molecule has 2 atom stereocenters. The van der Waals surface area contributed by atoms with E-state index < -0.39 is 17.7 Å². The van der Waals surface area contributed by atoms with Crippen LogP contribution in [0.3, 0.4) is 0 Å². The van der Waals surface area contributed by atoms with Gasteiger partial charge in [-0.05, 0) is 79.4 Å². The van der Waals surface area contributed by atoms with E-state index in [4.69, 9.17) is 19.2 Å². The van der Waals surface area contributed by atoms with Crippen molar-refractivity contribution in [1.82, 2.24) is 4.98 Å². The number of ether oxygens (including phenoxy) is 3. The predicted molar refractivity (Wildman–Crippen MR) is 167 cm³/mol. The predicted octanol–water partition coefficient (Wildman–Crippen LogP) is 7.13. The number of fused-ring (bicyclic) bond motifs is 2. The van der Waals surface area contributed by atoms with Crippen LogP contribution in [-0.2, 0) is 16.0 Å². The zero-order valence-corrected chi connectivity index (χ0v) is 25.5.